The van der Waals surface area contributed by atoms with E-state index in [1.165, 1.54) is 0 Å². The van der Waals surface area contributed by atoms with Gasteiger partial charge < -0.3 is 24.5 Å². The molecule has 0 bridgehead atoms. The van der Waals surface area contributed by atoms with E-state index in [-0.39, 0.29) is 24.0 Å². The lowest BCUT2D eigenvalue weighted by Gasteiger charge is -2.36. The Hall–Kier alpha value is -0.840. The van der Waals surface area contributed by atoms with Crippen molar-refractivity contribution >= 4 is 29.9 Å². The molecule has 0 aliphatic carbocycles. The van der Waals surface area contributed by atoms with Gasteiger partial charge in [0.05, 0.1) is 32.6 Å². The molecule has 8 heteroatoms. The largest absolute Gasteiger partial charge is 0.469 e. The van der Waals surface area contributed by atoms with Crippen molar-refractivity contribution in [1.29, 1.82) is 0 Å². The van der Waals surface area contributed by atoms with Crippen LogP contribution in [0.3, 0.4) is 0 Å². The molecule has 7 nitrogen and oxygen atoms in total. The Morgan fingerprint density at radius 3 is 2.69 bits per heavy atom. The van der Waals surface area contributed by atoms with Crippen molar-refractivity contribution in [1.82, 2.24) is 15.5 Å². The van der Waals surface area contributed by atoms with Crippen LogP contribution in [0.4, 0.5) is 0 Å². The third kappa shape index (κ3) is 8.43. The number of nitrogens with one attached hydrogen (secondary N) is 2. The van der Waals surface area contributed by atoms with E-state index in [1.807, 2.05) is 12.1 Å². The number of nitrogens with zero attached hydrogens (tertiary/aromatic N) is 2. The molecule has 2 saturated heterocycles. The van der Waals surface area contributed by atoms with Crippen molar-refractivity contribution in [3.8, 4) is 0 Å². The number of guanidine groups is 1. The molecule has 29 heavy (non-hydrogen) atoms. The summed E-state index contributed by atoms with van der Waals surface area (Å²) in [5.41, 5.74) is 0. The van der Waals surface area contributed by atoms with Crippen molar-refractivity contribution in [2.24, 2.45) is 16.8 Å². The number of morpholine rings is 1. The second-order valence-electron chi connectivity index (χ2n) is 8.02. The predicted molar refractivity (Wildman–Crippen MR) is 126 cm³/mol. The first-order valence-electron chi connectivity index (χ1n) is 10.7. The van der Waals surface area contributed by atoms with E-state index in [4.69, 9.17) is 18.9 Å². The molecule has 2 fully saturated rings. The molecule has 2 N–H and O–H groups in total. The summed E-state index contributed by atoms with van der Waals surface area (Å²) in [5, 5.41) is 7.00. The molecule has 2 atom stereocenters. The number of hydrogen-bond donors (Lipinski definition) is 2. The summed E-state index contributed by atoms with van der Waals surface area (Å²) in [5.74, 6) is 2.99. The molecule has 2 aliphatic rings. The van der Waals surface area contributed by atoms with Gasteiger partial charge in [-0.15, -0.1) is 24.0 Å². The average Bonchev–Trinajstić information content (AvgIpc) is 3.40. The van der Waals surface area contributed by atoms with Crippen LogP contribution in [0, 0.1) is 11.8 Å². The summed E-state index contributed by atoms with van der Waals surface area (Å²) in [4.78, 5) is 7.46. The Balaban J connectivity index is 0.00000300. The molecule has 2 unspecified atom stereocenters. The molecule has 0 radical (unpaired) electrons. The maximum atomic E-state index is 5.52. The van der Waals surface area contributed by atoms with Crippen molar-refractivity contribution in [3.05, 3.63) is 24.2 Å². The minimum Gasteiger partial charge on any atom is -0.469 e. The van der Waals surface area contributed by atoms with E-state index >= 15 is 0 Å². The van der Waals surface area contributed by atoms with Gasteiger partial charge in [0.15, 0.2) is 5.96 Å². The van der Waals surface area contributed by atoms with Crippen LogP contribution in [-0.4, -0.2) is 76.1 Å². The van der Waals surface area contributed by atoms with E-state index in [1.54, 1.807) is 6.26 Å². The first kappa shape index (κ1) is 24.4. The summed E-state index contributed by atoms with van der Waals surface area (Å²) in [7, 11) is 0. The molecule has 166 valence electrons. The molecule has 0 spiro atoms. The fourth-order valence-corrected chi connectivity index (χ4v) is 3.76. The quantitative estimate of drug-likeness (QED) is 0.296. The fraction of sp³-hybridized carbons (Fsp3) is 0.762. The number of ether oxygens (including phenoxy) is 2. The molecular weight excluding hydrogens is 483 g/mol. The van der Waals surface area contributed by atoms with Crippen molar-refractivity contribution in [3.63, 3.8) is 0 Å². The van der Waals surface area contributed by atoms with E-state index < -0.39 is 0 Å². The van der Waals surface area contributed by atoms with E-state index in [0.717, 1.165) is 83.7 Å². The molecule has 2 aliphatic heterocycles. The Labute approximate surface area is 192 Å². The maximum Gasteiger partial charge on any atom is 0.191 e. The molecule has 0 saturated carbocycles. The first-order chi connectivity index (χ1) is 13.7. The number of halogens is 1. The number of hydrogen-bond acceptors (Lipinski definition) is 5. The SMILES string of the molecule is CC(C)C(CN=C(NCCc1ccco1)NCC1CCOC1)N1CCOCC1.I. The standard InChI is InChI=1S/C21H36N4O3.HI/c1-17(2)20(25-8-12-26-13-9-25)15-24-21(23-14-18-6-11-27-16-18)22-7-5-19-4-3-10-28-19;/h3-4,10,17-18,20H,5-9,11-16H2,1-2H3,(H2,22,23,24);1H. The van der Waals surface area contributed by atoms with Crippen molar-refractivity contribution < 1.29 is 13.9 Å². The second kappa shape index (κ2) is 13.5. The zero-order chi connectivity index (χ0) is 19.6. The third-order valence-corrected chi connectivity index (χ3v) is 5.55. The molecule has 3 rings (SSSR count). The highest BCUT2D eigenvalue weighted by Gasteiger charge is 2.24. The average molecular weight is 520 g/mol. The van der Waals surface area contributed by atoms with Gasteiger partial charge in [-0.1, -0.05) is 13.8 Å². The second-order valence-corrected chi connectivity index (χ2v) is 8.02. The highest BCUT2D eigenvalue weighted by atomic mass is 127. The number of furan rings is 1. The van der Waals surface area contributed by atoms with Crippen molar-refractivity contribution in [2.75, 3.05) is 59.2 Å². The minimum atomic E-state index is 0. The van der Waals surface area contributed by atoms with Crippen LogP contribution in [0.2, 0.25) is 0 Å². The number of aliphatic imine (C=N–C) groups is 1. The summed E-state index contributed by atoms with van der Waals surface area (Å²) < 4.78 is 16.4. The predicted octanol–water partition coefficient (Wildman–Crippen LogP) is 2.37. The van der Waals surface area contributed by atoms with Crippen molar-refractivity contribution in [2.45, 2.75) is 32.7 Å². The van der Waals surface area contributed by atoms with Gasteiger partial charge in [-0.3, -0.25) is 9.89 Å². The normalized spacial score (nSPS) is 21.8. The molecular formula is C21H37IN4O3. The molecule has 1 aromatic rings. The van der Waals surface area contributed by atoms with Crippen LogP contribution in [0.5, 0.6) is 0 Å². The van der Waals surface area contributed by atoms with Gasteiger partial charge in [-0.2, -0.15) is 0 Å². The smallest absolute Gasteiger partial charge is 0.191 e. The Bertz CT molecular complexity index is 570. The lowest BCUT2D eigenvalue weighted by Crippen LogP contribution is -2.48. The molecule has 3 heterocycles. The third-order valence-electron chi connectivity index (χ3n) is 5.55. The Morgan fingerprint density at radius 1 is 1.21 bits per heavy atom. The van der Waals surface area contributed by atoms with Gasteiger partial charge in [0, 0.05) is 51.2 Å². The monoisotopic (exact) mass is 520 g/mol. The highest BCUT2D eigenvalue weighted by molar-refractivity contribution is 14.0. The molecule has 0 aromatic carbocycles. The zero-order valence-electron chi connectivity index (χ0n) is 17.8. The summed E-state index contributed by atoms with van der Waals surface area (Å²) in [6.45, 7) is 12.4. The minimum absolute atomic E-state index is 0. The fourth-order valence-electron chi connectivity index (χ4n) is 3.76. The zero-order valence-corrected chi connectivity index (χ0v) is 20.1. The van der Waals surface area contributed by atoms with Gasteiger partial charge in [0.1, 0.15) is 5.76 Å². The summed E-state index contributed by atoms with van der Waals surface area (Å²) >= 11 is 0. The van der Waals surface area contributed by atoms with Gasteiger partial charge in [0.2, 0.25) is 0 Å². The molecule has 1 aromatic heterocycles. The van der Waals surface area contributed by atoms with Crippen LogP contribution in [-0.2, 0) is 15.9 Å². The van der Waals surface area contributed by atoms with Crippen LogP contribution in [0.25, 0.3) is 0 Å². The first-order valence-corrected chi connectivity index (χ1v) is 10.7. The summed E-state index contributed by atoms with van der Waals surface area (Å²) in [6.07, 6.45) is 3.69. The lowest BCUT2D eigenvalue weighted by molar-refractivity contribution is 0.00867. The van der Waals surface area contributed by atoms with Gasteiger partial charge in [-0.25, -0.2) is 0 Å². The van der Waals surface area contributed by atoms with Crippen LogP contribution >= 0.6 is 24.0 Å². The van der Waals surface area contributed by atoms with Crippen LogP contribution in [0.1, 0.15) is 26.0 Å². The van der Waals surface area contributed by atoms with E-state index in [2.05, 4.69) is 29.4 Å². The van der Waals surface area contributed by atoms with E-state index in [9.17, 15) is 0 Å². The van der Waals surface area contributed by atoms with Gasteiger partial charge in [0.25, 0.3) is 0 Å². The topological polar surface area (TPSA) is 71.3 Å². The van der Waals surface area contributed by atoms with Crippen LogP contribution < -0.4 is 10.6 Å². The number of rotatable bonds is 9. The van der Waals surface area contributed by atoms with Gasteiger partial charge >= 0.3 is 0 Å². The maximum absolute atomic E-state index is 5.52. The van der Waals surface area contributed by atoms with Gasteiger partial charge in [-0.05, 0) is 24.5 Å². The Kier molecular flexibility index (Phi) is 11.3. The summed E-state index contributed by atoms with van der Waals surface area (Å²) in [6, 6.07) is 4.37. The van der Waals surface area contributed by atoms with E-state index in [0.29, 0.717) is 17.9 Å². The Morgan fingerprint density at radius 2 is 2.03 bits per heavy atom. The lowest BCUT2D eigenvalue weighted by atomic mass is 10.0. The highest BCUT2D eigenvalue weighted by Crippen LogP contribution is 2.14. The molecule has 0 amide bonds. The van der Waals surface area contributed by atoms with Crippen LogP contribution in [0.15, 0.2) is 27.8 Å².